The van der Waals surface area contributed by atoms with Crippen molar-refractivity contribution >= 4 is 21.6 Å². The van der Waals surface area contributed by atoms with Crippen molar-refractivity contribution < 1.29 is 22.7 Å². The Balaban J connectivity index is 2.52. The summed E-state index contributed by atoms with van der Waals surface area (Å²) in [5.74, 6) is 4.00. The number of sulfonamides is 1. The third kappa shape index (κ3) is 2.30. The highest BCUT2D eigenvalue weighted by Crippen LogP contribution is 2.40. The Morgan fingerprint density at radius 1 is 1.38 bits per heavy atom. The lowest BCUT2D eigenvalue weighted by atomic mass is 10.1. The Bertz CT molecular complexity index is 759. The topological polar surface area (TPSA) is 74.7 Å². The molecule has 0 saturated carbocycles. The summed E-state index contributed by atoms with van der Waals surface area (Å²) in [7, 11) is -3.82. The highest BCUT2D eigenvalue weighted by Gasteiger charge is 2.61. The van der Waals surface area contributed by atoms with Crippen LogP contribution in [-0.2, 0) is 14.8 Å². The average Bonchev–Trinajstić information content (AvgIpc) is 2.41. The van der Waals surface area contributed by atoms with Gasteiger partial charge >= 0.3 is 0 Å². The molecule has 2 rings (SSSR count). The quantitative estimate of drug-likeness (QED) is 0.827. The van der Waals surface area contributed by atoms with E-state index in [1.807, 2.05) is 0 Å². The number of amides is 1. The number of hydrogen-bond donors (Lipinski definition) is 1. The smallest absolute Gasteiger partial charge is 0.263 e. The number of aliphatic hydroxyl groups is 1. The molecule has 1 heterocycles. The van der Waals surface area contributed by atoms with Gasteiger partial charge in [0.1, 0.15) is 5.82 Å². The van der Waals surface area contributed by atoms with E-state index in [1.54, 1.807) is 0 Å². The summed E-state index contributed by atoms with van der Waals surface area (Å²) in [6.45, 7) is 2.48. The highest BCUT2D eigenvalue weighted by atomic mass is 32.2. The third-order valence-corrected chi connectivity index (χ3v) is 5.53. The Hall–Kier alpha value is -1.91. The van der Waals surface area contributed by atoms with Gasteiger partial charge in [0.05, 0.1) is 17.9 Å². The van der Waals surface area contributed by atoms with Crippen LogP contribution in [0.5, 0.6) is 0 Å². The molecule has 1 aromatic rings. The van der Waals surface area contributed by atoms with E-state index >= 15 is 0 Å². The molecule has 1 aliphatic rings. The predicted octanol–water partition coefficient (Wildman–Crippen LogP) is 1.01. The fraction of sp³-hybridized carbons (Fsp3) is 0.357. The second kappa shape index (κ2) is 5.13. The average molecular weight is 311 g/mol. The van der Waals surface area contributed by atoms with E-state index in [4.69, 9.17) is 5.11 Å². The Morgan fingerprint density at radius 3 is 2.62 bits per heavy atom. The lowest BCUT2D eigenvalue weighted by Gasteiger charge is -2.43. The molecule has 1 saturated heterocycles. The molecule has 0 bridgehead atoms. The number of nitrogens with zero attached hydrogens (tertiary/aromatic N) is 1. The molecule has 0 aromatic heterocycles. The molecule has 0 atom stereocenters. The summed E-state index contributed by atoms with van der Waals surface area (Å²) in [5, 5.41) is 8.69. The zero-order valence-corrected chi connectivity index (χ0v) is 12.4. The second-order valence-corrected chi connectivity index (χ2v) is 7.36. The van der Waals surface area contributed by atoms with Crippen LogP contribution in [0.2, 0.25) is 0 Å². The SMILES string of the molecule is CC1(C)C(=O)N(c2ccc(F)cc2C#CCCO)S1(=O)=O. The summed E-state index contributed by atoms with van der Waals surface area (Å²) in [5.41, 5.74) is 0.127. The van der Waals surface area contributed by atoms with Crippen LogP contribution in [0.15, 0.2) is 18.2 Å². The number of carbonyl (C=O) groups is 1. The molecule has 0 radical (unpaired) electrons. The first-order valence-electron chi connectivity index (χ1n) is 6.22. The molecule has 5 nitrogen and oxygen atoms in total. The van der Waals surface area contributed by atoms with E-state index < -0.39 is 26.5 Å². The minimum absolute atomic E-state index is 0.0335. The molecule has 1 amide bonds. The maximum Gasteiger partial charge on any atom is 0.263 e. The minimum Gasteiger partial charge on any atom is -0.395 e. The number of rotatable bonds is 2. The summed E-state index contributed by atoms with van der Waals surface area (Å²) in [4.78, 5) is 12.0. The van der Waals surface area contributed by atoms with E-state index in [-0.39, 0.29) is 24.3 Å². The number of anilines is 1. The summed E-state index contributed by atoms with van der Waals surface area (Å²) >= 11 is 0. The van der Waals surface area contributed by atoms with Gasteiger partial charge in [-0.25, -0.2) is 17.1 Å². The monoisotopic (exact) mass is 311 g/mol. The molecule has 0 spiro atoms. The van der Waals surface area contributed by atoms with Gasteiger partial charge in [-0.05, 0) is 32.0 Å². The fourth-order valence-electron chi connectivity index (χ4n) is 1.89. The van der Waals surface area contributed by atoms with Crippen molar-refractivity contribution in [2.75, 3.05) is 10.9 Å². The fourth-order valence-corrected chi connectivity index (χ4v) is 3.39. The molecule has 0 aliphatic carbocycles. The van der Waals surface area contributed by atoms with E-state index in [1.165, 1.54) is 19.9 Å². The van der Waals surface area contributed by atoms with Crippen LogP contribution in [0.1, 0.15) is 25.8 Å². The number of benzene rings is 1. The minimum atomic E-state index is -3.82. The molecule has 112 valence electrons. The zero-order valence-electron chi connectivity index (χ0n) is 11.6. The number of aliphatic hydroxyl groups excluding tert-OH is 1. The second-order valence-electron chi connectivity index (χ2n) is 5.02. The van der Waals surface area contributed by atoms with Gasteiger partial charge in [0.2, 0.25) is 0 Å². The Morgan fingerprint density at radius 2 is 2.05 bits per heavy atom. The van der Waals surface area contributed by atoms with Gasteiger partial charge in [0.15, 0.2) is 4.75 Å². The zero-order chi connectivity index (χ0) is 15.8. The van der Waals surface area contributed by atoms with Crippen LogP contribution in [0, 0.1) is 17.7 Å². The summed E-state index contributed by atoms with van der Waals surface area (Å²) in [6.07, 6.45) is 0.169. The first-order chi connectivity index (χ1) is 9.73. The van der Waals surface area contributed by atoms with Crippen LogP contribution in [-0.4, -0.2) is 30.8 Å². The number of halogens is 1. The van der Waals surface area contributed by atoms with Gasteiger partial charge in [-0.2, -0.15) is 0 Å². The van der Waals surface area contributed by atoms with Crippen molar-refractivity contribution in [3.63, 3.8) is 0 Å². The van der Waals surface area contributed by atoms with Crippen molar-refractivity contribution in [3.05, 3.63) is 29.6 Å². The molecule has 7 heteroatoms. The lowest BCUT2D eigenvalue weighted by molar-refractivity contribution is -0.120. The lowest BCUT2D eigenvalue weighted by Crippen LogP contribution is -2.67. The van der Waals surface area contributed by atoms with Crippen molar-refractivity contribution in [1.29, 1.82) is 0 Å². The third-order valence-electron chi connectivity index (χ3n) is 3.22. The van der Waals surface area contributed by atoms with Gasteiger partial charge in [-0.3, -0.25) is 4.79 Å². The van der Waals surface area contributed by atoms with Gasteiger partial charge < -0.3 is 5.11 Å². The van der Waals surface area contributed by atoms with Gasteiger partial charge in [-0.1, -0.05) is 11.8 Å². The van der Waals surface area contributed by atoms with Crippen molar-refractivity contribution in [1.82, 2.24) is 0 Å². The molecule has 1 N–H and O–H groups in total. The molecule has 0 unspecified atom stereocenters. The van der Waals surface area contributed by atoms with Crippen LogP contribution in [0.25, 0.3) is 0 Å². The largest absolute Gasteiger partial charge is 0.395 e. The predicted molar refractivity (Wildman–Crippen MR) is 75.5 cm³/mol. The van der Waals surface area contributed by atoms with Crippen LogP contribution in [0.4, 0.5) is 10.1 Å². The van der Waals surface area contributed by atoms with Crippen molar-refractivity contribution in [2.45, 2.75) is 25.0 Å². The van der Waals surface area contributed by atoms with Gasteiger partial charge in [-0.15, -0.1) is 0 Å². The summed E-state index contributed by atoms with van der Waals surface area (Å²) in [6, 6.07) is 3.34. The first kappa shape index (κ1) is 15.5. The Labute approximate surface area is 122 Å². The van der Waals surface area contributed by atoms with E-state index in [0.717, 1.165) is 12.1 Å². The van der Waals surface area contributed by atoms with E-state index in [2.05, 4.69) is 11.8 Å². The first-order valence-corrected chi connectivity index (χ1v) is 7.66. The molecule has 21 heavy (non-hydrogen) atoms. The van der Waals surface area contributed by atoms with Crippen LogP contribution in [0.3, 0.4) is 0 Å². The van der Waals surface area contributed by atoms with E-state index in [0.29, 0.717) is 4.31 Å². The molecule has 1 aliphatic heterocycles. The maximum atomic E-state index is 13.3. The van der Waals surface area contributed by atoms with Crippen molar-refractivity contribution in [3.8, 4) is 11.8 Å². The molecular weight excluding hydrogens is 297 g/mol. The standard InChI is InChI=1S/C14H14FNO4S/c1-14(2)13(18)16(21(14,19)20)12-7-6-11(15)9-10(12)5-3-4-8-17/h6-7,9,17H,4,8H2,1-2H3. The van der Waals surface area contributed by atoms with Gasteiger partial charge in [0, 0.05) is 6.42 Å². The molecule has 1 fully saturated rings. The molecule has 1 aromatic carbocycles. The van der Waals surface area contributed by atoms with Gasteiger partial charge in [0.25, 0.3) is 15.9 Å². The van der Waals surface area contributed by atoms with Crippen molar-refractivity contribution in [2.24, 2.45) is 0 Å². The maximum absolute atomic E-state index is 13.3. The van der Waals surface area contributed by atoms with Crippen LogP contribution < -0.4 is 4.31 Å². The highest BCUT2D eigenvalue weighted by molar-refractivity contribution is 7.98. The number of carbonyl (C=O) groups excluding carboxylic acids is 1. The normalized spacial score (nSPS) is 18.7. The van der Waals surface area contributed by atoms with E-state index in [9.17, 15) is 17.6 Å². The Kier molecular flexibility index (Phi) is 3.78. The summed E-state index contributed by atoms with van der Waals surface area (Å²) < 4.78 is 36.8. The van der Waals surface area contributed by atoms with Crippen LogP contribution >= 0.6 is 0 Å². The number of hydrogen-bond acceptors (Lipinski definition) is 4. The molecular formula is C14H14FNO4S.